The van der Waals surface area contributed by atoms with E-state index in [2.05, 4.69) is 9.97 Å². The first-order valence-corrected chi connectivity index (χ1v) is 9.93. The van der Waals surface area contributed by atoms with Crippen LogP contribution in [0.1, 0.15) is 17.5 Å². The highest BCUT2D eigenvalue weighted by molar-refractivity contribution is 5.95. The molecular weight excluding hydrogens is 394 g/mol. The molecule has 158 valence electrons. The summed E-state index contributed by atoms with van der Waals surface area (Å²) in [6.07, 6.45) is 2.59. The van der Waals surface area contributed by atoms with Gasteiger partial charge < -0.3 is 15.6 Å². The average molecular weight is 417 g/mol. The highest BCUT2D eigenvalue weighted by Crippen LogP contribution is 2.21. The lowest BCUT2D eigenvalue weighted by atomic mass is 10.1. The fourth-order valence-corrected chi connectivity index (χ4v) is 3.70. The number of carbonyl (C=O) groups excluding carboxylic acids is 1. The van der Waals surface area contributed by atoms with E-state index in [-0.39, 0.29) is 30.4 Å². The monoisotopic (exact) mass is 417 g/mol. The van der Waals surface area contributed by atoms with E-state index in [0.29, 0.717) is 6.42 Å². The molecule has 0 atom stereocenters. The van der Waals surface area contributed by atoms with E-state index in [1.165, 1.54) is 16.5 Å². The highest BCUT2D eigenvalue weighted by Gasteiger charge is 2.21. The van der Waals surface area contributed by atoms with Gasteiger partial charge in [-0.2, -0.15) is 0 Å². The van der Waals surface area contributed by atoms with Crippen LogP contribution in [-0.4, -0.2) is 27.5 Å². The number of amides is 1. The predicted octanol–water partition coefficient (Wildman–Crippen LogP) is 2.24. The van der Waals surface area contributed by atoms with Crippen LogP contribution >= 0.6 is 0 Å². The summed E-state index contributed by atoms with van der Waals surface area (Å²) in [7, 11) is 1.50. The van der Waals surface area contributed by atoms with E-state index in [9.17, 15) is 14.4 Å². The highest BCUT2D eigenvalue weighted by atomic mass is 16.2. The summed E-state index contributed by atoms with van der Waals surface area (Å²) in [5, 5.41) is 1.06. The lowest BCUT2D eigenvalue weighted by Gasteiger charge is -2.20. The standard InChI is InChI=1S/C23H23N5O3/c1-27(19(29)12-11-16-13-25-18-10-6-5-9-17(16)18)20-21(24)28(23(31)26-22(20)30)14-15-7-3-2-4-8-15/h2-10,13,25H,11-12,14,24H2,1H3,(H,26,30,31). The van der Waals surface area contributed by atoms with E-state index >= 15 is 0 Å². The maximum Gasteiger partial charge on any atom is 0.330 e. The quantitative estimate of drug-likeness (QED) is 0.446. The molecule has 4 aromatic rings. The minimum Gasteiger partial charge on any atom is -0.383 e. The van der Waals surface area contributed by atoms with Gasteiger partial charge in [0.15, 0.2) is 5.69 Å². The number of aryl methyl sites for hydroxylation is 1. The van der Waals surface area contributed by atoms with Gasteiger partial charge in [-0.3, -0.25) is 19.1 Å². The number of fused-ring (bicyclic) bond motifs is 1. The van der Waals surface area contributed by atoms with Crippen LogP contribution in [0.5, 0.6) is 0 Å². The van der Waals surface area contributed by atoms with Crippen molar-refractivity contribution in [2.75, 3.05) is 17.7 Å². The smallest absolute Gasteiger partial charge is 0.330 e. The fraction of sp³-hybridized carbons (Fsp3) is 0.174. The first-order chi connectivity index (χ1) is 15.0. The number of anilines is 2. The number of nitrogens with one attached hydrogen (secondary N) is 2. The lowest BCUT2D eigenvalue weighted by Crippen LogP contribution is -2.39. The van der Waals surface area contributed by atoms with E-state index in [4.69, 9.17) is 5.73 Å². The van der Waals surface area contributed by atoms with Gasteiger partial charge in [-0.25, -0.2) is 4.79 Å². The molecule has 31 heavy (non-hydrogen) atoms. The Balaban J connectivity index is 1.57. The van der Waals surface area contributed by atoms with Crippen LogP contribution < -0.4 is 21.9 Å². The number of aromatic amines is 2. The molecule has 0 saturated heterocycles. The van der Waals surface area contributed by atoms with Crippen LogP contribution in [0.4, 0.5) is 11.5 Å². The number of hydrogen-bond acceptors (Lipinski definition) is 4. The van der Waals surface area contributed by atoms with Gasteiger partial charge in [0, 0.05) is 30.6 Å². The average Bonchev–Trinajstić information content (AvgIpc) is 3.18. The van der Waals surface area contributed by atoms with Crippen LogP contribution in [0.3, 0.4) is 0 Å². The second-order valence-electron chi connectivity index (χ2n) is 7.38. The number of benzene rings is 2. The summed E-state index contributed by atoms with van der Waals surface area (Å²) >= 11 is 0. The van der Waals surface area contributed by atoms with Gasteiger partial charge in [-0.05, 0) is 23.6 Å². The van der Waals surface area contributed by atoms with Crippen LogP contribution in [0.15, 0.2) is 70.4 Å². The molecule has 0 saturated carbocycles. The minimum atomic E-state index is -0.685. The third kappa shape index (κ3) is 4.00. The maximum absolute atomic E-state index is 12.9. The van der Waals surface area contributed by atoms with Crippen LogP contribution in [0.25, 0.3) is 10.9 Å². The van der Waals surface area contributed by atoms with E-state index < -0.39 is 11.2 Å². The Hall–Kier alpha value is -4.07. The van der Waals surface area contributed by atoms with Crippen molar-refractivity contribution in [3.8, 4) is 0 Å². The van der Waals surface area contributed by atoms with Gasteiger partial charge in [0.05, 0.1) is 6.54 Å². The minimum absolute atomic E-state index is 0.0283. The Morgan fingerprint density at radius 2 is 1.77 bits per heavy atom. The zero-order valence-electron chi connectivity index (χ0n) is 17.1. The topological polar surface area (TPSA) is 117 Å². The van der Waals surface area contributed by atoms with Crippen molar-refractivity contribution in [3.63, 3.8) is 0 Å². The summed E-state index contributed by atoms with van der Waals surface area (Å²) in [6, 6.07) is 17.1. The lowest BCUT2D eigenvalue weighted by molar-refractivity contribution is -0.118. The molecule has 4 rings (SSSR count). The van der Waals surface area contributed by atoms with Crippen molar-refractivity contribution < 1.29 is 4.79 Å². The van der Waals surface area contributed by atoms with Gasteiger partial charge in [0.25, 0.3) is 5.56 Å². The van der Waals surface area contributed by atoms with Gasteiger partial charge in [-0.15, -0.1) is 0 Å². The number of nitrogen functional groups attached to an aromatic ring is 1. The molecule has 0 fully saturated rings. The number of para-hydroxylation sites is 1. The van der Waals surface area contributed by atoms with E-state index in [0.717, 1.165) is 22.0 Å². The Morgan fingerprint density at radius 1 is 1.06 bits per heavy atom. The molecule has 0 aliphatic carbocycles. The molecular formula is C23H23N5O3. The summed E-state index contributed by atoms with van der Waals surface area (Å²) in [5.74, 6) is -0.312. The molecule has 2 aromatic carbocycles. The number of hydrogen-bond donors (Lipinski definition) is 3. The zero-order valence-corrected chi connectivity index (χ0v) is 17.1. The molecule has 4 N–H and O–H groups in total. The first kappa shape index (κ1) is 20.2. The third-order valence-corrected chi connectivity index (χ3v) is 5.39. The fourth-order valence-electron chi connectivity index (χ4n) is 3.70. The van der Waals surface area contributed by atoms with Crippen molar-refractivity contribution in [2.45, 2.75) is 19.4 Å². The van der Waals surface area contributed by atoms with E-state index in [1.54, 1.807) is 0 Å². The number of nitrogens with two attached hydrogens (primary N) is 1. The van der Waals surface area contributed by atoms with Crippen LogP contribution in [0.2, 0.25) is 0 Å². The molecule has 8 heteroatoms. The van der Waals surface area contributed by atoms with Crippen LogP contribution in [0, 0.1) is 0 Å². The number of rotatable bonds is 6. The Morgan fingerprint density at radius 3 is 2.55 bits per heavy atom. The number of H-pyrrole nitrogens is 2. The summed E-state index contributed by atoms with van der Waals surface area (Å²) in [4.78, 5) is 44.3. The summed E-state index contributed by atoms with van der Waals surface area (Å²) in [6.45, 7) is 0.187. The van der Waals surface area contributed by atoms with Crippen molar-refractivity contribution in [3.05, 3.63) is 92.8 Å². The van der Waals surface area contributed by atoms with Crippen molar-refractivity contribution in [2.24, 2.45) is 0 Å². The zero-order chi connectivity index (χ0) is 22.0. The van der Waals surface area contributed by atoms with Crippen LogP contribution in [-0.2, 0) is 17.8 Å². The number of carbonyl (C=O) groups is 1. The molecule has 1 amide bonds. The second-order valence-corrected chi connectivity index (χ2v) is 7.38. The molecule has 0 aliphatic heterocycles. The van der Waals surface area contributed by atoms with Gasteiger partial charge in [-0.1, -0.05) is 48.5 Å². The molecule has 0 unspecified atom stereocenters. The molecule has 0 aliphatic rings. The van der Waals surface area contributed by atoms with E-state index in [1.807, 2.05) is 60.8 Å². The van der Waals surface area contributed by atoms with Gasteiger partial charge in [0.2, 0.25) is 5.91 Å². The van der Waals surface area contributed by atoms with Gasteiger partial charge in [0.1, 0.15) is 5.82 Å². The molecule has 2 heterocycles. The van der Waals surface area contributed by atoms with Crippen molar-refractivity contribution in [1.29, 1.82) is 0 Å². The normalized spacial score (nSPS) is 11.0. The van der Waals surface area contributed by atoms with Crippen molar-refractivity contribution >= 4 is 28.3 Å². The number of aromatic nitrogens is 3. The van der Waals surface area contributed by atoms with Gasteiger partial charge >= 0.3 is 5.69 Å². The van der Waals surface area contributed by atoms with Crippen molar-refractivity contribution in [1.82, 2.24) is 14.5 Å². The molecule has 0 bridgehead atoms. The summed E-state index contributed by atoms with van der Waals surface area (Å²) < 4.78 is 1.26. The maximum atomic E-state index is 12.9. The SMILES string of the molecule is CN(C(=O)CCc1c[nH]c2ccccc12)c1c(N)n(Cc2ccccc2)c(=O)[nH]c1=O. The number of nitrogens with zero attached hydrogens (tertiary/aromatic N) is 2. The predicted molar refractivity (Wildman–Crippen MR) is 121 cm³/mol. The molecule has 0 radical (unpaired) electrons. The molecule has 8 nitrogen and oxygen atoms in total. The molecule has 2 aromatic heterocycles. The third-order valence-electron chi connectivity index (χ3n) is 5.39. The Labute approximate surface area is 177 Å². The first-order valence-electron chi connectivity index (χ1n) is 9.93. The Bertz CT molecular complexity index is 1350. The second kappa shape index (κ2) is 8.35. The largest absolute Gasteiger partial charge is 0.383 e. The molecule has 0 spiro atoms. The summed E-state index contributed by atoms with van der Waals surface area (Å²) in [5.41, 5.74) is 7.73. The Kier molecular flexibility index (Phi) is 5.44.